The van der Waals surface area contributed by atoms with Crippen LogP contribution in [0, 0.1) is 5.41 Å². The Balaban J connectivity index is -0.000000140. The van der Waals surface area contributed by atoms with Crippen LogP contribution in [0.4, 0.5) is 0 Å². The topological polar surface area (TPSA) is 71.4 Å². The first-order valence-corrected chi connectivity index (χ1v) is 6.75. The molecule has 0 saturated heterocycles. The van der Waals surface area contributed by atoms with Gasteiger partial charge < -0.3 is 5.11 Å². The Morgan fingerprint density at radius 1 is 0.905 bits per heavy atom. The van der Waals surface area contributed by atoms with Crippen LogP contribution in [0.3, 0.4) is 0 Å². The molecule has 4 nitrogen and oxygen atoms in total. The van der Waals surface area contributed by atoms with Gasteiger partial charge >= 0.3 is 5.97 Å². The molecule has 0 saturated carbocycles. The van der Waals surface area contributed by atoms with E-state index < -0.39 is 5.97 Å². The maximum atomic E-state index is 10.2. The van der Waals surface area contributed by atoms with Gasteiger partial charge in [-0.1, -0.05) is 33.6 Å². The second kappa shape index (κ2) is 15.9. The quantitative estimate of drug-likeness (QED) is 0.419. The second-order valence-corrected chi connectivity index (χ2v) is 6.10. The molecule has 0 fully saturated rings. The van der Waals surface area contributed by atoms with Crippen molar-refractivity contribution >= 4 is 25.9 Å². The first-order chi connectivity index (χ1) is 8.54. The van der Waals surface area contributed by atoms with Crippen molar-refractivity contribution in [2.24, 2.45) is 5.41 Å². The molecule has 0 atom stereocenters. The fourth-order valence-electron chi connectivity index (χ4n) is 1.46. The Morgan fingerprint density at radius 3 is 1.57 bits per heavy atom. The van der Waals surface area contributed by atoms with Crippen molar-refractivity contribution in [3.8, 4) is 0 Å². The molecule has 0 aromatic heterocycles. The van der Waals surface area contributed by atoms with E-state index in [-0.39, 0.29) is 47.5 Å². The Morgan fingerprint density at radius 2 is 1.33 bits per heavy atom. The minimum absolute atomic E-state index is 0. The van der Waals surface area contributed by atoms with Crippen molar-refractivity contribution in [1.82, 2.24) is 0 Å². The summed E-state index contributed by atoms with van der Waals surface area (Å²) in [7, 11) is 0. The zero-order valence-electron chi connectivity index (χ0n) is 13.9. The molecule has 121 valence electrons. The molecule has 6 heteroatoms. The molecule has 1 N–H and O–H groups in total. The number of hydrogen-bond acceptors (Lipinski definition) is 3. The average Bonchev–Trinajstić information content (AvgIpc) is 2.13. The van der Waals surface area contributed by atoms with E-state index >= 15 is 0 Å². The van der Waals surface area contributed by atoms with E-state index in [0.29, 0.717) is 11.8 Å². The van der Waals surface area contributed by atoms with Crippen LogP contribution in [0.5, 0.6) is 0 Å². The van der Waals surface area contributed by atoms with Crippen molar-refractivity contribution in [3.05, 3.63) is 0 Å². The molecule has 0 aromatic carbocycles. The summed E-state index contributed by atoms with van der Waals surface area (Å²) in [6.45, 7) is 9.45. The molecule has 0 spiro atoms. The van der Waals surface area contributed by atoms with Crippen LogP contribution < -0.4 is 0 Å². The number of ketones is 2. The molecular formula is C15H28BMoO4. The molecule has 0 aliphatic rings. The predicted molar refractivity (Wildman–Crippen MR) is 81.9 cm³/mol. The van der Waals surface area contributed by atoms with Crippen LogP contribution in [-0.2, 0) is 35.4 Å². The van der Waals surface area contributed by atoms with Gasteiger partial charge in [-0.15, -0.1) is 0 Å². The average molecular weight is 379 g/mol. The zero-order valence-corrected chi connectivity index (χ0v) is 15.9. The van der Waals surface area contributed by atoms with Gasteiger partial charge in [-0.25, -0.2) is 0 Å². The standard InChI is InChI=1S/C10H20O2.C5H8O2.B.Mo/c1-10(2,3)8-6-4-5-7-9(11)12;1-4(6)3-5(2)7;;/h4-8H2,1-3H3,(H,11,12);3H2,1-2H3;;. The molecular weight excluding hydrogens is 351 g/mol. The van der Waals surface area contributed by atoms with Crippen LogP contribution in [0.2, 0.25) is 0 Å². The minimum atomic E-state index is -0.675. The van der Waals surface area contributed by atoms with Gasteiger partial charge in [0.1, 0.15) is 11.6 Å². The van der Waals surface area contributed by atoms with Gasteiger partial charge in [-0.05, 0) is 32.1 Å². The normalized spacial score (nSPS) is 9.38. The molecule has 0 rings (SSSR count). The maximum absolute atomic E-state index is 10.2. The number of unbranched alkanes of at least 4 members (excludes halogenated alkanes) is 2. The van der Waals surface area contributed by atoms with Gasteiger partial charge in [0.25, 0.3) is 0 Å². The number of carboxylic acids is 1. The van der Waals surface area contributed by atoms with E-state index in [1.54, 1.807) is 0 Å². The maximum Gasteiger partial charge on any atom is 0.303 e. The van der Waals surface area contributed by atoms with Crippen LogP contribution in [0.25, 0.3) is 0 Å². The number of hydrogen-bond donors (Lipinski definition) is 1. The summed E-state index contributed by atoms with van der Waals surface area (Å²) >= 11 is 0. The van der Waals surface area contributed by atoms with Crippen LogP contribution >= 0.6 is 0 Å². The number of carbonyl (C=O) groups is 3. The summed E-state index contributed by atoms with van der Waals surface area (Å²) in [5.41, 5.74) is 0.392. The third kappa shape index (κ3) is 38.2. The van der Waals surface area contributed by atoms with Gasteiger partial charge in [-0.3, -0.25) is 14.4 Å². The van der Waals surface area contributed by atoms with E-state index in [1.165, 1.54) is 20.3 Å². The summed E-state index contributed by atoms with van der Waals surface area (Å²) in [5.74, 6) is -0.800. The Hall–Kier alpha value is -0.437. The number of rotatable bonds is 7. The molecule has 21 heavy (non-hydrogen) atoms. The number of carbonyl (C=O) groups excluding carboxylic acids is 2. The summed E-state index contributed by atoms with van der Waals surface area (Å²) in [6.07, 6.45) is 4.61. The summed E-state index contributed by atoms with van der Waals surface area (Å²) in [4.78, 5) is 30.2. The monoisotopic (exact) mass is 381 g/mol. The second-order valence-electron chi connectivity index (χ2n) is 6.10. The molecule has 0 amide bonds. The Kier molecular flexibility index (Phi) is 21.8. The molecule has 0 heterocycles. The fourth-order valence-corrected chi connectivity index (χ4v) is 1.46. The summed E-state index contributed by atoms with van der Waals surface area (Å²) < 4.78 is 0. The summed E-state index contributed by atoms with van der Waals surface area (Å²) in [5, 5.41) is 8.37. The molecule has 0 bridgehead atoms. The van der Waals surface area contributed by atoms with Crippen molar-refractivity contribution in [2.45, 2.75) is 73.1 Å². The van der Waals surface area contributed by atoms with Crippen LogP contribution in [-0.4, -0.2) is 31.1 Å². The third-order valence-corrected chi connectivity index (χ3v) is 2.32. The predicted octanol–water partition coefficient (Wildman–Crippen LogP) is 3.24. The summed E-state index contributed by atoms with van der Waals surface area (Å²) in [6, 6.07) is 0. The van der Waals surface area contributed by atoms with Crippen molar-refractivity contribution in [2.75, 3.05) is 0 Å². The SMILES string of the molecule is CC(=O)CC(C)=O.CC(C)(C)CCCCCC(=O)O.[B].[Mo]. The fraction of sp³-hybridized carbons (Fsp3) is 0.800. The molecule has 0 aliphatic carbocycles. The minimum Gasteiger partial charge on any atom is -0.481 e. The van der Waals surface area contributed by atoms with E-state index in [4.69, 9.17) is 5.11 Å². The first kappa shape index (κ1) is 28.7. The third-order valence-electron chi connectivity index (χ3n) is 2.32. The molecule has 3 radical (unpaired) electrons. The van der Waals surface area contributed by atoms with Crippen molar-refractivity contribution in [3.63, 3.8) is 0 Å². The van der Waals surface area contributed by atoms with Crippen LogP contribution in [0.1, 0.15) is 73.1 Å². The largest absolute Gasteiger partial charge is 0.481 e. The molecule has 0 aliphatic heterocycles. The first-order valence-electron chi connectivity index (χ1n) is 6.75. The van der Waals surface area contributed by atoms with Crippen molar-refractivity contribution in [1.29, 1.82) is 0 Å². The Labute approximate surface area is 145 Å². The zero-order chi connectivity index (χ0) is 15.5. The molecule has 0 unspecified atom stereocenters. The van der Waals surface area contributed by atoms with E-state index in [9.17, 15) is 14.4 Å². The number of aliphatic carboxylic acids is 1. The Bertz CT molecular complexity index is 287. The van der Waals surface area contributed by atoms with Crippen molar-refractivity contribution < 1.29 is 40.6 Å². The number of carboxylic acid groups (broad SMARTS) is 1. The van der Waals surface area contributed by atoms with Gasteiger partial charge in [0.15, 0.2) is 0 Å². The van der Waals surface area contributed by atoms with E-state index in [2.05, 4.69) is 20.8 Å². The van der Waals surface area contributed by atoms with Crippen LogP contribution in [0.15, 0.2) is 0 Å². The van der Waals surface area contributed by atoms with Gasteiger partial charge in [0.05, 0.1) is 6.42 Å². The van der Waals surface area contributed by atoms with E-state index in [0.717, 1.165) is 19.3 Å². The van der Waals surface area contributed by atoms with E-state index in [1.807, 2.05) is 0 Å². The van der Waals surface area contributed by atoms with Gasteiger partial charge in [0.2, 0.25) is 0 Å². The molecule has 0 aromatic rings. The smallest absolute Gasteiger partial charge is 0.303 e. The number of Topliss-reactive ketones (excluding diaryl/α,β-unsaturated/α-hetero) is 2. The van der Waals surface area contributed by atoms with Gasteiger partial charge in [-0.2, -0.15) is 0 Å². The van der Waals surface area contributed by atoms with Gasteiger partial charge in [0, 0.05) is 35.9 Å².